The van der Waals surface area contributed by atoms with Crippen LogP contribution in [-0.2, 0) is 6.42 Å². The van der Waals surface area contributed by atoms with Gasteiger partial charge in [0.15, 0.2) is 5.65 Å². The van der Waals surface area contributed by atoms with Crippen LogP contribution >= 0.6 is 0 Å². The number of hydrogen-bond donors (Lipinski definition) is 0. The minimum Gasteiger partial charge on any atom is -0.241 e. The van der Waals surface area contributed by atoms with Crippen LogP contribution in [0, 0.1) is 0 Å². The summed E-state index contributed by atoms with van der Waals surface area (Å²) in [5.74, 6) is 0.542. The molecule has 0 bridgehead atoms. The second-order valence-corrected chi connectivity index (χ2v) is 2.79. The van der Waals surface area contributed by atoms with Gasteiger partial charge in [-0.05, 0) is 0 Å². The Morgan fingerprint density at radius 3 is 2.56 bits per heavy atom. The van der Waals surface area contributed by atoms with Crippen LogP contribution in [0.25, 0.3) is 11.0 Å². The molecule has 6 heteroatoms. The Hall–Kier alpha value is -1.59. The minimum absolute atomic E-state index is 0.187. The molecular weight excluding hydrogens is 214 g/mol. The summed E-state index contributed by atoms with van der Waals surface area (Å²) in [4.78, 5) is 7.97. The van der Waals surface area contributed by atoms with Crippen molar-refractivity contribution in [2.75, 3.05) is 0 Å². The second kappa shape index (κ2) is 5.48. The Labute approximate surface area is 92.3 Å². The highest BCUT2D eigenvalue weighted by atomic mass is 19.3. The van der Waals surface area contributed by atoms with Crippen molar-refractivity contribution in [1.82, 2.24) is 19.7 Å². The fraction of sp³-hybridized carbons (Fsp3) is 0.500. The molecule has 0 aliphatic heterocycles. The van der Waals surface area contributed by atoms with Gasteiger partial charge in [-0.15, -0.1) is 0 Å². The number of rotatable bonds is 2. The van der Waals surface area contributed by atoms with E-state index in [1.165, 1.54) is 12.4 Å². The fourth-order valence-corrected chi connectivity index (χ4v) is 1.18. The van der Waals surface area contributed by atoms with Crippen LogP contribution < -0.4 is 0 Å². The Kier molecular flexibility index (Phi) is 4.28. The first-order valence-electron chi connectivity index (χ1n) is 5.19. The van der Waals surface area contributed by atoms with Gasteiger partial charge in [-0.25, -0.2) is 9.97 Å². The molecule has 0 fully saturated rings. The monoisotopic (exact) mass is 228 g/mol. The van der Waals surface area contributed by atoms with E-state index in [9.17, 15) is 8.78 Å². The second-order valence-electron chi connectivity index (χ2n) is 2.79. The Bertz CT molecular complexity index is 453. The molecule has 0 spiro atoms. The summed E-state index contributed by atoms with van der Waals surface area (Å²) >= 11 is 0. The van der Waals surface area contributed by atoms with Crippen molar-refractivity contribution in [3.05, 3.63) is 18.2 Å². The molecule has 0 aliphatic carbocycles. The van der Waals surface area contributed by atoms with Crippen molar-refractivity contribution in [3.8, 4) is 0 Å². The summed E-state index contributed by atoms with van der Waals surface area (Å²) in [7, 11) is 0. The average molecular weight is 228 g/mol. The number of alkyl halides is 2. The zero-order chi connectivity index (χ0) is 12.1. The molecule has 0 amide bonds. The lowest BCUT2D eigenvalue weighted by molar-refractivity contribution is 0.0608. The normalized spacial score (nSPS) is 10.4. The average Bonchev–Trinajstić information content (AvgIpc) is 2.74. The van der Waals surface area contributed by atoms with E-state index in [0.717, 1.165) is 0 Å². The van der Waals surface area contributed by atoms with Crippen LogP contribution in [0.2, 0.25) is 0 Å². The van der Waals surface area contributed by atoms with Gasteiger partial charge in [0, 0.05) is 12.6 Å². The molecule has 2 heterocycles. The van der Waals surface area contributed by atoms with Gasteiger partial charge in [0.1, 0.15) is 5.82 Å². The fourth-order valence-electron chi connectivity index (χ4n) is 1.18. The summed E-state index contributed by atoms with van der Waals surface area (Å²) in [5.41, 5.74) is 0.187. The molecule has 0 aliphatic rings. The predicted octanol–water partition coefficient (Wildman–Crippen LogP) is 2.81. The topological polar surface area (TPSA) is 43.6 Å². The minimum atomic E-state index is -2.66. The third kappa shape index (κ3) is 2.32. The zero-order valence-electron chi connectivity index (χ0n) is 9.48. The molecule has 16 heavy (non-hydrogen) atoms. The van der Waals surface area contributed by atoms with Gasteiger partial charge < -0.3 is 0 Å². The van der Waals surface area contributed by atoms with Crippen molar-refractivity contribution >= 4 is 11.0 Å². The van der Waals surface area contributed by atoms with Crippen molar-refractivity contribution < 1.29 is 8.78 Å². The molecule has 0 unspecified atom stereocenters. The van der Waals surface area contributed by atoms with E-state index in [4.69, 9.17) is 0 Å². The van der Waals surface area contributed by atoms with Gasteiger partial charge in [0.2, 0.25) is 0 Å². The number of aryl methyl sites for hydroxylation is 1. The van der Waals surface area contributed by atoms with Crippen molar-refractivity contribution in [2.45, 2.75) is 33.7 Å². The number of aromatic nitrogens is 4. The molecule has 2 aromatic heterocycles. The summed E-state index contributed by atoms with van der Waals surface area (Å²) in [6.07, 6.45) is 3.46. The molecule has 0 atom stereocenters. The molecule has 0 aromatic carbocycles. The Balaban J connectivity index is 0.000000606. The smallest absolute Gasteiger partial charge is 0.241 e. The molecule has 0 saturated carbocycles. The van der Waals surface area contributed by atoms with Gasteiger partial charge in [0.05, 0.1) is 11.6 Å². The highest BCUT2D eigenvalue weighted by Crippen LogP contribution is 2.16. The van der Waals surface area contributed by atoms with E-state index in [2.05, 4.69) is 15.1 Å². The molecule has 88 valence electrons. The van der Waals surface area contributed by atoms with Gasteiger partial charge >= 0.3 is 6.55 Å². The largest absolute Gasteiger partial charge is 0.335 e. The van der Waals surface area contributed by atoms with Crippen LogP contribution in [0.1, 0.15) is 33.1 Å². The molecule has 0 saturated heterocycles. The molecule has 2 aromatic rings. The van der Waals surface area contributed by atoms with Crippen LogP contribution in [0.5, 0.6) is 0 Å². The molecular formula is C10H14F2N4. The summed E-state index contributed by atoms with van der Waals surface area (Å²) < 4.78 is 25.4. The number of halogens is 2. The van der Waals surface area contributed by atoms with E-state index in [-0.39, 0.29) is 5.65 Å². The lowest BCUT2D eigenvalue weighted by atomic mass is 10.4. The number of hydrogen-bond acceptors (Lipinski definition) is 3. The number of nitrogens with zero attached hydrogens (tertiary/aromatic N) is 4. The van der Waals surface area contributed by atoms with E-state index in [1.54, 1.807) is 0 Å². The Morgan fingerprint density at radius 2 is 2.00 bits per heavy atom. The summed E-state index contributed by atoms with van der Waals surface area (Å²) in [6.45, 7) is 3.21. The summed E-state index contributed by atoms with van der Waals surface area (Å²) in [6, 6.07) is 0. The Morgan fingerprint density at radius 1 is 1.31 bits per heavy atom. The zero-order valence-corrected chi connectivity index (χ0v) is 9.48. The van der Waals surface area contributed by atoms with Crippen molar-refractivity contribution in [1.29, 1.82) is 0 Å². The highest BCUT2D eigenvalue weighted by molar-refractivity contribution is 5.73. The van der Waals surface area contributed by atoms with Gasteiger partial charge in [0.25, 0.3) is 0 Å². The summed E-state index contributed by atoms with van der Waals surface area (Å²) in [5, 5.41) is 4.06. The first-order chi connectivity index (χ1) is 7.72. The van der Waals surface area contributed by atoms with Gasteiger partial charge in [-0.1, -0.05) is 20.8 Å². The van der Waals surface area contributed by atoms with E-state index in [0.29, 0.717) is 22.3 Å². The SMILES string of the molecule is CC.CCc1ncc2cnn(C(F)F)c2n1. The standard InChI is InChI=1S/C8H8F2N4.C2H6/c1-2-6-11-3-5-4-12-14(8(9)10)7(5)13-6;1-2/h3-4,8H,2H2,1H3;1-2H3. The van der Waals surface area contributed by atoms with Crippen LogP contribution in [0.4, 0.5) is 8.78 Å². The third-order valence-corrected chi connectivity index (χ3v) is 1.89. The maximum absolute atomic E-state index is 12.4. The van der Waals surface area contributed by atoms with Gasteiger partial charge in [-0.2, -0.15) is 18.6 Å². The van der Waals surface area contributed by atoms with E-state index in [1.807, 2.05) is 20.8 Å². The first kappa shape index (κ1) is 12.5. The maximum atomic E-state index is 12.4. The lowest BCUT2D eigenvalue weighted by Crippen LogP contribution is -2.02. The predicted molar refractivity (Wildman–Crippen MR) is 57.3 cm³/mol. The van der Waals surface area contributed by atoms with E-state index < -0.39 is 6.55 Å². The number of fused-ring (bicyclic) bond motifs is 1. The van der Waals surface area contributed by atoms with Crippen LogP contribution in [0.3, 0.4) is 0 Å². The first-order valence-corrected chi connectivity index (χ1v) is 5.19. The lowest BCUT2D eigenvalue weighted by Gasteiger charge is -2.00. The quantitative estimate of drug-likeness (QED) is 0.793. The molecule has 0 N–H and O–H groups in total. The van der Waals surface area contributed by atoms with Crippen molar-refractivity contribution in [2.24, 2.45) is 0 Å². The van der Waals surface area contributed by atoms with Crippen molar-refractivity contribution in [3.63, 3.8) is 0 Å². The van der Waals surface area contributed by atoms with Gasteiger partial charge in [-0.3, -0.25) is 0 Å². The maximum Gasteiger partial charge on any atom is 0.335 e. The molecule has 0 radical (unpaired) electrons. The third-order valence-electron chi connectivity index (χ3n) is 1.89. The van der Waals surface area contributed by atoms with Crippen LogP contribution in [-0.4, -0.2) is 19.7 Å². The molecule has 2 rings (SSSR count). The van der Waals surface area contributed by atoms with Crippen LogP contribution in [0.15, 0.2) is 12.4 Å². The highest BCUT2D eigenvalue weighted by Gasteiger charge is 2.12. The molecule has 4 nitrogen and oxygen atoms in total. The van der Waals surface area contributed by atoms with E-state index >= 15 is 0 Å².